The summed E-state index contributed by atoms with van der Waals surface area (Å²) in [7, 11) is 0. The van der Waals surface area contributed by atoms with Crippen LogP contribution in [0.2, 0.25) is 0 Å². The van der Waals surface area contributed by atoms with Gasteiger partial charge in [0.25, 0.3) is 0 Å². The first-order valence-corrected chi connectivity index (χ1v) is 24.1. The average Bonchev–Trinajstić information content (AvgIpc) is 4.01. The minimum absolute atomic E-state index is 0. The van der Waals surface area contributed by atoms with E-state index in [2.05, 4.69) is 303 Å². The van der Waals surface area contributed by atoms with E-state index in [1.54, 1.807) is 0 Å². The average molecular weight is 943 g/mol. The molecule has 0 nitrogen and oxygen atoms in total. The molecule has 0 heterocycles. The van der Waals surface area contributed by atoms with Gasteiger partial charge in [-0.05, 0) is 22.3 Å². The standard InChI is InChI=1S/2C35H25.Cr/c2*1-6-16-26(17-7-1)31-32(27-18-8-2-9-19-27)34(29-22-12-4-13-23-29)35(30-24-14-5-15-25-30)33(31)28-20-10-3-11-21-28;/h2*1-25H;/q2*-1;+2. The monoisotopic (exact) mass is 942 g/mol. The maximum atomic E-state index is 2.23. The first-order chi connectivity index (χ1) is 34.8. The SMILES string of the molecule is [Cr+2].c1ccc(-c2c(-c3ccccc3)c(-c3ccccc3)[c-](-c3ccccc3)c2-c2ccccc2)cc1.c1ccc(-c2c(-c3ccccc3)c(-c3ccccc3)[c-](-c3ccccc3)c2-c2ccccc2)cc1. The predicted octanol–water partition coefficient (Wildman–Crippen LogP) is 19.5. The summed E-state index contributed by atoms with van der Waals surface area (Å²) in [5.74, 6) is 0. The quantitative estimate of drug-likeness (QED) is 0.120. The fourth-order valence-electron chi connectivity index (χ4n) is 10.2. The Bertz CT molecular complexity index is 2710. The summed E-state index contributed by atoms with van der Waals surface area (Å²) >= 11 is 0. The van der Waals surface area contributed by atoms with Gasteiger partial charge in [-0.25, -0.2) is 0 Å². The number of hydrogen-bond acceptors (Lipinski definition) is 0. The Hall–Kier alpha value is -8.57. The molecular weight excluding hydrogens is 893 g/mol. The fourth-order valence-corrected chi connectivity index (χ4v) is 10.2. The third kappa shape index (κ3) is 9.46. The molecule has 0 unspecified atom stereocenters. The zero-order valence-corrected chi connectivity index (χ0v) is 40.6. The van der Waals surface area contributed by atoms with Crippen molar-refractivity contribution in [2.45, 2.75) is 0 Å². The van der Waals surface area contributed by atoms with Crippen molar-refractivity contribution >= 4 is 0 Å². The molecule has 12 rings (SSSR count). The predicted molar refractivity (Wildman–Crippen MR) is 298 cm³/mol. The van der Waals surface area contributed by atoms with Crippen LogP contribution in [0.5, 0.6) is 0 Å². The molecular formula is C70H50Cr. The molecule has 12 aromatic carbocycles. The van der Waals surface area contributed by atoms with Crippen molar-refractivity contribution in [2.75, 3.05) is 0 Å². The molecule has 0 N–H and O–H groups in total. The van der Waals surface area contributed by atoms with Crippen LogP contribution in [0.1, 0.15) is 0 Å². The molecule has 0 aliphatic carbocycles. The van der Waals surface area contributed by atoms with E-state index in [1.807, 2.05) is 0 Å². The van der Waals surface area contributed by atoms with E-state index in [9.17, 15) is 0 Å². The Morgan fingerprint density at radius 1 is 0.155 bits per heavy atom. The first-order valence-electron chi connectivity index (χ1n) is 24.1. The molecule has 1 heteroatoms. The van der Waals surface area contributed by atoms with Gasteiger partial charge < -0.3 is 0 Å². The van der Waals surface area contributed by atoms with Crippen LogP contribution < -0.4 is 0 Å². The van der Waals surface area contributed by atoms with Crippen molar-refractivity contribution in [1.82, 2.24) is 0 Å². The van der Waals surface area contributed by atoms with Gasteiger partial charge in [0.05, 0.1) is 0 Å². The third-order valence-corrected chi connectivity index (χ3v) is 13.1. The van der Waals surface area contributed by atoms with Crippen molar-refractivity contribution in [3.63, 3.8) is 0 Å². The van der Waals surface area contributed by atoms with Gasteiger partial charge in [0, 0.05) is 0 Å². The van der Waals surface area contributed by atoms with Crippen molar-refractivity contribution in [3.8, 4) is 111 Å². The number of rotatable bonds is 10. The van der Waals surface area contributed by atoms with Crippen LogP contribution in [0.3, 0.4) is 0 Å². The third-order valence-electron chi connectivity index (χ3n) is 13.1. The van der Waals surface area contributed by atoms with Gasteiger partial charge in [-0.15, -0.1) is 0 Å². The van der Waals surface area contributed by atoms with Gasteiger partial charge in [0.2, 0.25) is 0 Å². The summed E-state index contributed by atoms with van der Waals surface area (Å²) in [6.45, 7) is 0. The summed E-state index contributed by atoms with van der Waals surface area (Å²) < 4.78 is 0. The van der Waals surface area contributed by atoms with Crippen molar-refractivity contribution in [2.24, 2.45) is 0 Å². The van der Waals surface area contributed by atoms with Crippen molar-refractivity contribution in [1.29, 1.82) is 0 Å². The first kappa shape index (κ1) is 46.2. The van der Waals surface area contributed by atoms with Crippen LogP contribution in [-0.4, -0.2) is 0 Å². The zero-order chi connectivity index (χ0) is 46.9. The molecule has 0 aliphatic rings. The zero-order valence-electron chi connectivity index (χ0n) is 39.3. The van der Waals surface area contributed by atoms with Crippen molar-refractivity contribution in [3.05, 3.63) is 303 Å². The Labute approximate surface area is 429 Å². The topological polar surface area (TPSA) is 0 Å². The van der Waals surface area contributed by atoms with Gasteiger partial charge in [0.1, 0.15) is 0 Å². The van der Waals surface area contributed by atoms with E-state index in [0.29, 0.717) is 0 Å². The summed E-state index contributed by atoms with van der Waals surface area (Å²) in [6.07, 6.45) is 0. The Kier molecular flexibility index (Phi) is 14.2. The summed E-state index contributed by atoms with van der Waals surface area (Å²) in [5, 5.41) is 0. The second kappa shape index (κ2) is 21.8. The van der Waals surface area contributed by atoms with Gasteiger partial charge >= 0.3 is 17.4 Å². The molecule has 336 valence electrons. The van der Waals surface area contributed by atoms with E-state index in [0.717, 1.165) is 0 Å². The summed E-state index contributed by atoms with van der Waals surface area (Å²) in [6, 6.07) is 108. The van der Waals surface area contributed by atoms with Crippen LogP contribution in [0.25, 0.3) is 111 Å². The summed E-state index contributed by atoms with van der Waals surface area (Å²) in [5.41, 5.74) is 25.0. The van der Waals surface area contributed by atoms with Crippen LogP contribution >= 0.6 is 0 Å². The molecule has 0 aromatic heterocycles. The molecule has 0 amide bonds. The number of benzene rings is 10. The second-order valence-corrected chi connectivity index (χ2v) is 17.4. The molecule has 0 saturated carbocycles. The largest absolute Gasteiger partial charge is 2.00 e. The van der Waals surface area contributed by atoms with Crippen molar-refractivity contribution < 1.29 is 17.4 Å². The molecule has 12 aromatic rings. The normalized spacial score (nSPS) is 10.7. The molecule has 0 saturated heterocycles. The Morgan fingerprint density at radius 3 is 0.465 bits per heavy atom. The van der Waals surface area contributed by atoms with E-state index in [1.165, 1.54) is 111 Å². The smallest absolute Gasteiger partial charge is 0.0999 e. The number of hydrogen-bond donors (Lipinski definition) is 0. The molecule has 0 atom stereocenters. The maximum absolute atomic E-state index is 2.23. The minimum Gasteiger partial charge on any atom is -0.0999 e. The van der Waals surface area contributed by atoms with Gasteiger partial charge in [-0.3, -0.25) is 0 Å². The maximum Gasteiger partial charge on any atom is 2.00 e. The molecule has 0 spiro atoms. The van der Waals surface area contributed by atoms with E-state index in [4.69, 9.17) is 0 Å². The van der Waals surface area contributed by atoms with Crippen LogP contribution in [0.4, 0.5) is 0 Å². The molecule has 0 radical (unpaired) electrons. The molecule has 0 bridgehead atoms. The Balaban J connectivity index is 0.000000162. The second-order valence-electron chi connectivity index (χ2n) is 17.4. The van der Waals surface area contributed by atoms with E-state index >= 15 is 0 Å². The molecule has 0 fully saturated rings. The fraction of sp³-hybridized carbons (Fsp3) is 0. The van der Waals surface area contributed by atoms with Crippen LogP contribution in [0.15, 0.2) is 303 Å². The van der Waals surface area contributed by atoms with E-state index in [-0.39, 0.29) is 17.4 Å². The summed E-state index contributed by atoms with van der Waals surface area (Å²) in [4.78, 5) is 0. The van der Waals surface area contributed by atoms with Crippen LogP contribution in [0, 0.1) is 0 Å². The minimum atomic E-state index is 0. The van der Waals surface area contributed by atoms with Gasteiger partial charge in [-0.2, -0.15) is 0 Å². The molecule has 0 aliphatic heterocycles. The molecule has 71 heavy (non-hydrogen) atoms. The van der Waals surface area contributed by atoms with Crippen LogP contribution in [-0.2, 0) is 17.4 Å². The van der Waals surface area contributed by atoms with Gasteiger partial charge in [-0.1, -0.05) is 392 Å². The van der Waals surface area contributed by atoms with E-state index < -0.39 is 0 Å². The van der Waals surface area contributed by atoms with Gasteiger partial charge in [0.15, 0.2) is 0 Å². The Morgan fingerprint density at radius 2 is 0.296 bits per heavy atom.